The van der Waals surface area contributed by atoms with E-state index in [1.54, 1.807) is 0 Å². The van der Waals surface area contributed by atoms with Crippen molar-refractivity contribution in [2.45, 2.75) is 41.0 Å². The molecule has 1 fully saturated rings. The van der Waals surface area contributed by atoms with Gasteiger partial charge in [-0.05, 0) is 23.7 Å². The van der Waals surface area contributed by atoms with Gasteiger partial charge in [0.25, 0.3) is 0 Å². The molecule has 2 heteroatoms. The van der Waals surface area contributed by atoms with Crippen LogP contribution in [0.2, 0.25) is 0 Å². The number of carbonyl (C=O) groups is 1. The number of carbonyl (C=O) groups excluding carboxylic acids is 1. The van der Waals surface area contributed by atoms with Crippen LogP contribution in [-0.4, -0.2) is 12.6 Å². The molecule has 0 N–H and O–H groups in total. The van der Waals surface area contributed by atoms with Crippen molar-refractivity contribution in [3.8, 4) is 0 Å². The third-order valence-corrected chi connectivity index (χ3v) is 3.30. The molecule has 0 amide bonds. The molecule has 0 aromatic carbocycles. The maximum atomic E-state index is 11.8. The second kappa shape index (κ2) is 5.03. The molecule has 92 valence electrons. The first-order valence-corrected chi connectivity index (χ1v) is 6.24. The van der Waals surface area contributed by atoms with Crippen LogP contribution in [0.4, 0.5) is 0 Å². The van der Waals surface area contributed by atoms with Gasteiger partial charge in [0.2, 0.25) is 0 Å². The van der Waals surface area contributed by atoms with E-state index in [1.165, 1.54) is 0 Å². The predicted octanol–water partition coefficient (Wildman–Crippen LogP) is 3.42. The fraction of sp³-hybridized carbons (Fsp3) is 0.786. The largest absolute Gasteiger partial charge is 0.465 e. The smallest absolute Gasteiger partial charge is 0.310 e. The third-order valence-electron chi connectivity index (χ3n) is 3.30. The van der Waals surface area contributed by atoms with Gasteiger partial charge in [0.15, 0.2) is 0 Å². The Balaban J connectivity index is 2.49. The molecule has 0 radical (unpaired) electrons. The van der Waals surface area contributed by atoms with Gasteiger partial charge in [-0.3, -0.25) is 4.79 Å². The van der Waals surface area contributed by atoms with Crippen LogP contribution in [0.25, 0.3) is 0 Å². The van der Waals surface area contributed by atoms with Crippen molar-refractivity contribution in [2.75, 3.05) is 6.61 Å². The summed E-state index contributed by atoms with van der Waals surface area (Å²) in [7, 11) is 0. The Morgan fingerprint density at radius 1 is 1.44 bits per heavy atom. The zero-order valence-corrected chi connectivity index (χ0v) is 11.1. The molecule has 0 aliphatic heterocycles. The van der Waals surface area contributed by atoms with Gasteiger partial charge in [0.1, 0.15) is 0 Å². The van der Waals surface area contributed by atoms with E-state index in [0.29, 0.717) is 18.4 Å². The summed E-state index contributed by atoms with van der Waals surface area (Å²) in [4.78, 5) is 11.8. The molecule has 0 spiro atoms. The highest BCUT2D eigenvalue weighted by Crippen LogP contribution is 2.59. The first-order valence-electron chi connectivity index (χ1n) is 6.24. The predicted molar refractivity (Wildman–Crippen MR) is 66.0 cm³/mol. The normalized spacial score (nSPS) is 27.4. The summed E-state index contributed by atoms with van der Waals surface area (Å²) >= 11 is 0. The second-order valence-electron chi connectivity index (χ2n) is 5.69. The summed E-state index contributed by atoms with van der Waals surface area (Å²) in [6, 6.07) is 0. The van der Waals surface area contributed by atoms with Gasteiger partial charge in [-0.2, -0.15) is 0 Å². The zero-order valence-electron chi connectivity index (χ0n) is 11.1. The summed E-state index contributed by atoms with van der Waals surface area (Å²) in [5, 5.41) is 0. The zero-order chi connectivity index (χ0) is 12.3. The van der Waals surface area contributed by atoms with E-state index in [0.717, 1.165) is 6.42 Å². The van der Waals surface area contributed by atoms with E-state index in [4.69, 9.17) is 4.74 Å². The first kappa shape index (κ1) is 13.3. The van der Waals surface area contributed by atoms with Crippen molar-refractivity contribution in [2.24, 2.45) is 23.2 Å². The van der Waals surface area contributed by atoms with Crippen molar-refractivity contribution in [3.05, 3.63) is 12.2 Å². The molecule has 0 saturated heterocycles. The number of hydrogen-bond donors (Lipinski definition) is 0. The van der Waals surface area contributed by atoms with Crippen LogP contribution >= 0.6 is 0 Å². The molecule has 1 rings (SSSR count). The lowest BCUT2D eigenvalue weighted by Gasteiger charge is -2.07. The summed E-state index contributed by atoms with van der Waals surface area (Å²) in [6.45, 7) is 11.0. The molecule has 1 saturated carbocycles. The molecule has 0 aromatic rings. The van der Waals surface area contributed by atoms with Gasteiger partial charge in [0, 0.05) is 0 Å². The number of ether oxygens (including phenoxy) is 1. The first-order chi connectivity index (χ1) is 7.41. The standard InChI is InChI=1S/C14H24O2/c1-6-7-8-11-12(14(11,4)5)13(15)16-9-10(2)3/h7-8,10-12H,6,9H2,1-5H3. The Morgan fingerprint density at radius 3 is 2.56 bits per heavy atom. The molecule has 2 unspecified atom stereocenters. The average molecular weight is 224 g/mol. The Kier molecular flexibility index (Phi) is 4.17. The van der Waals surface area contributed by atoms with Crippen molar-refractivity contribution < 1.29 is 9.53 Å². The third kappa shape index (κ3) is 2.87. The van der Waals surface area contributed by atoms with E-state index in [2.05, 4.69) is 46.8 Å². The Hall–Kier alpha value is -0.790. The summed E-state index contributed by atoms with van der Waals surface area (Å²) in [6.07, 6.45) is 5.34. The van der Waals surface area contributed by atoms with Gasteiger partial charge in [-0.15, -0.1) is 0 Å². The van der Waals surface area contributed by atoms with Crippen molar-refractivity contribution in [3.63, 3.8) is 0 Å². The van der Waals surface area contributed by atoms with Crippen LogP contribution < -0.4 is 0 Å². The highest BCUT2D eigenvalue weighted by molar-refractivity contribution is 5.78. The fourth-order valence-electron chi connectivity index (χ4n) is 2.11. The summed E-state index contributed by atoms with van der Waals surface area (Å²) < 4.78 is 5.30. The van der Waals surface area contributed by atoms with E-state index < -0.39 is 0 Å². The molecular formula is C14H24O2. The highest BCUT2D eigenvalue weighted by Gasteiger charge is 2.61. The van der Waals surface area contributed by atoms with Crippen molar-refractivity contribution in [1.82, 2.24) is 0 Å². The Bertz CT molecular complexity index is 276. The maximum Gasteiger partial charge on any atom is 0.310 e. The minimum Gasteiger partial charge on any atom is -0.465 e. The molecular weight excluding hydrogens is 200 g/mol. The minimum absolute atomic E-state index is 0.0237. The van der Waals surface area contributed by atoms with Crippen LogP contribution in [0.1, 0.15) is 41.0 Å². The number of hydrogen-bond acceptors (Lipinski definition) is 2. The Labute approximate surface area is 99.1 Å². The van der Waals surface area contributed by atoms with Gasteiger partial charge in [-0.1, -0.05) is 46.8 Å². The monoisotopic (exact) mass is 224 g/mol. The average Bonchev–Trinajstić information content (AvgIpc) is 2.74. The molecule has 0 bridgehead atoms. The number of rotatable bonds is 5. The lowest BCUT2D eigenvalue weighted by molar-refractivity contribution is -0.147. The molecule has 1 aliphatic carbocycles. The van der Waals surface area contributed by atoms with Crippen LogP contribution in [0.3, 0.4) is 0 Å². The number of esters is 1. The number of allylic oxidation sites excluding steroid dienone is 2. The van der Waals surface area contributed by atoms with E-state index in [-0.39, 0.29) is 17.3 Å². The second-order valence-corrected chi connectivity index (χ2v) is 5.69. The van der Waals surface area contributed by atoms with Crippen LogP contribution in [0.5, 0.6) is 0 Å². The molecule has 2 atom stereocenters. The summed E-state index contributed by atoms with van der Waals surface area (Å²) in [5.41, 5.74) is 0.0831. The van der Waals surface area contributed by atoms with Gasteiger partial charge in [0.05, 0.1) is 12.5 Å². The molecule has 1 aliphatic rings. The molecule has 0 aromatic heterocycles. The van der Waals surface area contributed by atoms with Crippen LogP contribution in [0.15, 0.2) is 12.2 Å². The summed E-state index contributed by atoms with van der Waals surface area (Å²) in [5.74, 6) is 0.820. The van der Waals surface area contributed by atoms with E-state index in [1.807, 2.05) is 0 Å². The van der Waals surface area contributed by atoms with E-state index in [9.17, 15) is 4.79 Å². The molecule has 0 heterocycles. The molecule has 16 heavy (non-hydrogen) atoms. The SMILES string of the molecule is CCC=CC1C(C(=O)OCC(C)C)C1(C)C. The minimum atomic E-state index is -0.0237. The van der Waals surface area contributed by atoms with Crippen LogP contribution in [-0.2, 0) is 9.53 Å². The van der Waals surface area contributed by atoms with Crippen molar-refractivity contribution in [1.29, 1.82) is 0 Å². The Morgan fingerprint density at radius 2 is 2.06 bits per heavy atom. The van der Waals surface area contributed by atoms with Gasteiger partial charge < -0.3 is 4.74 Å². The highest BCUT2D eigenvalue weighted by atomic mass is 16.5. The fourth-order valence-corrected chi connectivity index (χ4v) is 2.11. The van der Waals surface area contributed by atoms with Gasteiger partial charge >= 0.3 is 5.97 Å². The van der Waals surface area contributed by atoms with E-state index >= 15 is 0 Å². The van der Waals surface area contributed by atoms with Crippen LogP contribution in [0, 0.1) is 23.2 Å². The topological polar surface area (TPSA) is 26.3 Å². The lowest BCUT2D eigenvalue weighted by atomic mass is 10.1. The quantitative estimate of drug-likeness (QED) is 0.528. The lowest BCUT2D eigenvalue weighted by Crippen LogP contribution is -2.14. The van der Waals surface area contributed by atoms with Gasteiger partial charge in [-0.25, -0.2) is 0 Å². The maximum absolute atomic E-state index is 11.8. The molecule has 2 nitrogen and oxygen atoms in total. The van der Waals surface area contributed by atoms with Crippen molar-refractivity contribution >= 4 is 5.97 Å².